The van der Waals surface area contributed by atoms with Crippen LogP contribution in [0.3, 0.4) is 0 Å². The number of halogens is 1. The smallest absolute Gasteiger partial charge is 0.136 e. The highest BCUT2D eigenvalue weighted by Crippen LogP contribution is 2.28. The number of likely N-dealkylation sites (N-methyl/N-ethyl adjacent to an activating group) is 1. The summed E-state index contributed by atoms with van der Waals surface area (Å²) in [5.74, 6) is 0.934. The summed E-state index contributed by atoms with van der Waals surface area (Å²) in [6, 6.07) is 2.08. The Hall–Kier alpha value is -0.360. The Labute approximate surface area is 118 Å². The zero-order valence-corrected chi connectivity index (χ0v) is 13.1. The second-order valence-electron chi connectivity index (χ2n) is 4.67. The van der Waals surface area contributed by atoms with E-state index in [1.807, 2.05) is 6.07 Å². The molecule has 5 heteroatoms. The van der Waals surface area contributed by atoms with Gasteiger partial charge in [0.15, 0.2) is 0 Å². The Kier molecular flexibility index (Phi) is 6.92. The zero-order valence-electron chi connectivity index (χ0n) is 11.5. The van der Waals surface area contributed by atoms with Gasteiger partial charge in [-0.15, -0.1) is 0 Å². The maximum Gasteiger partial charge on any atom is 0.136 e. The summed E-state index contributed by atoms with van der Waals surface area (Å²) >= 11 is 3.51. The number of hydrogen-bond donors (Lipinski definition) is 1. The van der Waals surface area contributed by atoms with Gasteiger partial charge in [0.05, 0.1) is 16.8 Å². The Morgan fingerprint density at radius 3 is 2.56 bits per heavy atom. The fraction of sp³-hybridized carbons (Fsp3) is 0.692. The second-order valence-corrected chi connectivity index (χ2v) is 5.52. The van der Waals surface area contributed by atoms with E-state index < -0.39 is 0 Å². The van der Waals surface area contributed by atoms with Crippen molar-refractivity contribution < 1.29 is 4.42 Å². The number of furan rings is 1. The molecule has 0 saturated carbocycles. The molecule has 1 aromatic rings. The Balaban J connectivity index is 2.63. The average Bonchev–Trinajstić information content (AvgIpc) is 2.74. The minimum Gasteiger partial charge on any atom is -0.466 e. The first-order valence-electron chi connectivity index (χ1n) is 6.41. The summed E-state index contributed by atoms with van der Waals surface area (Å²) in [6.45, 7) is 5.83. The van der Waals surface area contributed by atoms with Crippen LogP contribution in [0.1, 0.15) is 25.1 Å². The maximum atomic E-state index is 5.91. The van der Waals surface area contributed by atoms with Crippen LogP contribution in [0.4, 0.5) is 0 Å². The lowest BCUT2D eigenvalue weighted by molar-refractivity contribution is 0.179. The van der Waals surface area contributed by atoms with Crippen molar-refractivity contribution in [2.24, 2.45) is 5.73 Å². The van der Waals surface area contributed by atoms with Crippen LogP contribution in [0.5, 0.6) is 0 Å². The number of nitrogens with zero attached hydrogens (tertiary/aromatic N) is 2. The summed E-state index contributed by atoms with van der Waals surface area (Å²) in [5, 5.41) is 0. The Bertz CT molecular complexity index is 341. The van der Waals surface area contributed by atoms with Crippen molar-refractivity contribution in [3.05, 3.63) is 22.6 Å². The monoisotopic (exact) mass is 317 g/mol. The number of nitrogens with two attached hydrogens (primary N) is 1. The molecule has 0 saturated heterocycles. The summed E-state index contributed by atoms with van der Waals surface area (Å²) in [4.78, 5) is 4.57. The van der Waals surface area contributed by atoms with Crippen molar-refractivity contribution in [3.8, 4) is 0 Å². The van der Waals surface area contributed by atoms with Crippen molar-refractivity contribution in [3.63, 3.8) is 0 Å². The van der Waals surface area contributed by atoms with Crippen LogP contribution >= 0.6 is 15.9 Å². The lowest BCUT2D eigenvalue weighted by atomic mass is 10.1. The van der Waals surface area contributed by atoms with Crippen molar-refractivity contribution in [2.45, 2.75) is 19.4 Å². The highest BCUT2D eigenvalue weighted by Gasteiger charge is 2.22. The Morgan fingerprint density at radius 2 is 2.11 bits per heavy atom. The largest absolute Gasteiger partial charge is 0.466 e. The molecule has 0 bridgehead atoms. The second kappa shape index (κ2) is 7.94. The minimum atomic E-state index is 0.154. The minimum absolute atomic E-state index is 0.154. The predicted molar refractivity (Wildman–Crippen MR) is 78.6 cm³/mol. The molecular formula is C13H24BrN3O. The van der Waals surface area contributed by atoms with Gasteiger partial charge in [0.25, 0.3) is 0 Å². The van der Waals surface area contributed by atoms with Gasteiger partial charge in [0.2, 0.25) is 0 Å². The van der Waals surface area contributed by atoms with Gasteiger partial charge in [0.1, 0.15) is 5.76 Å². The maximum absolute atomic E-state index is 5.91. The molecule has 0 radical (unpaired) electrons. The third kappa shape index (κ3) is 4.39. The average molecular weight is 318 g/mol. The van der Waals surface area contributed by atoms with Crippen LogP contribution in [0.25, 0.3) is 0 Å². The lowest BCUT2D eigenvalue weighted by Gasteiger charge is -2.29. The molecular weight excluding hydrogens is 294 g/mol. The predicted octanol–water partition coefficient (Wildman–Crippen LogP) is 2.32. The Morgan fingerprint density at radius 1 is 1.39 bits per heavy atom. The fourth-order valence-corrected chi connectivity index (χ4v) is 2.56. The topological polar surface area (TPSA) is 45.6 Å². The standard InChI is InChI=1S/C13H24BrN3O/c1-4-17(8-5-7-16(2)3)12(10-15)13-11(14)6-9-18-13/h6,9,12H,4-5,7-8,10,15H2,1-3H3. The van der Waals surface area contributed by atoms with E-state index in [4.69, 9.17) is 10.2 Å². The first kappa shape index (κ1) is 15.7. The summed E-state index contributed by atoms with van der Waals surface area (Å²) < 4.78 is 6.55. The molecule has 0 aliphatic heterocycles. The van der Waals surface area contributed by atoms with Gasteiger partial charge >= 0.3 is 0 Å². The van der Waals surface area contributed by atoms with Crippen molar-refractivity contribution in [1.82, 2.24) is 9.80 Å². The summed E-state index contributed by atoms with van der Waals surface area (Å²) in [6.07, 6.45) is 2.84. The summed E-state index contributed by atoms with van der Waals surface area (Å²) in [5.41, 5.74) is 5.91. The van der Waals surface area contributed by atoms with Crippen molar-refractivity contribution in [1.29, 1.82) is 0 Å². The molecule has 1 rings (SSSR count). The van der Waals surface area contributed by atoms with E-state index in [0.29, 0.717) is 6.54 Å². The van der Waals surface area contributed by atoms with E-state index in [1.165, 1.54) is 0 Å². The third-order valence-corrected chi connectivity index (χ3v) is 3.72. The highest BCUT2D eigenvalue weighted by atomic mass is 79.9. The van der Waals surface area contributed by atoms with Gasteiger partial charge in [-0.3, -0.25) is 4.90 Å². The quantitative estimate of drug-likeness (QED) is 0.799. The van der Waals surface area contributed by atoms with E-state index in [9.17, 15) is 0 Å². The zero-order chi connectivity index (χ0) is 13.5. The van der Waals surface area contributed by atoms with Crippen LogP contribution in [0.15, 0.2) is 21.2 Å². The highest BCUT2D eigenvalue weighted by molar-refractivity contribution is 9.10. The molecule has 18 heavy (non-hydrogen) atoms. The SMILES string of the molecule is CCN(CCCN(C)C)C(CN)c1occc1Br. The molecule has 2 N–H and O–H groups in total. The van der Waals surface area contributed by atoms with E-state index >= 15 is 0 Å². The van der Waals surface area contributed by atoms with E-state index in [0.717, 1.165) is 36.3 Å². The molecule has 1 aromatic heterocycles. The first-order valence-corrected chi connectivity index (χ1v) is 7.21. The van der Waals surface area contributed by atoms with Crippen LogP contribution in [0, 0.1) is 0 Å². The van der Waals surface area contributed by atoms with Crippen LogP contribution < -0.4 is 5.73 Å². The molecule has 104 valence electrons. The summed E-state index contributed by atoms with van der Waals surface area (Å²) in [7, 11) is 4.19. The van der Waals surface area contributed by atoms with Crippen molar-refractivity contribution in [2.75, 3.05) is 40.3 Å². The molecule has 0 spiro atoms. The van der Waals surface area contributed by atoms with Gasteiger partial charge in [-0.2, -0.15) is 0 Å². The van der Waals surface area contributed by atoms with E-state index in [-0.39, 0.29) is 6.04 Å². The molecule has 0 aromatic carbocycles. The third-order valence-electron chi connectivity index (χ3n) is 3.07. The molecule has 0 fully saturated rings. The van der Waals surface area contributed by atoms with Crippen LogP contribution in [0.2, 0.25) is 0 Å². The molecule has 0 aliphatic rings. The lowest BCUT2D eigenvalue weighted by Crippen LogP contribution is -2.35. The first-order chi connectivity index (χ1) is 8.60. The number of rotatable bonds is 8. The molecule has 1 atom stereocenters. The van der Waals surface area contributed by atoms with Gasteiger partial charge in [0, 0.05) is 13.1 Å². The molecule has 0 aliphatic carbocycles. The van der Waals surface area contributed by atoms with Crippen molar-refractivity contribution >= 4 is 15.9 Å². The molecule has 1 unspecified atom stereocenters. The normalized spacial score (nSPS) is 13.5. The van der Waals surface area contributed by atoms with Gasteiger partial charge < -0.3 is 15.1 Å². The van der Waals surface area contributed by atoms with E-state index in [2.05, 4.69) is 46.7 Å². The van der Waals surface area contributed by atoms with Gasteiger partial charge in [-0.1, -0.05) is 6.92 Å². The van der Waals surface area contributed by atoms with E-state index in [1.54, 1.807) is 6.26 Å². The van der Waals surface area contributed by atoms with Gasteiger partial charge in [-0.25, -0.2) is 0 Å². The molecule has 4 nitrogen and oxygen atoms in total. The molecule has 0 amide bonds. The molecule has 1 heterocycles. The van der Waals surface area contributed by atoms with Gasteiger partial charge in [-0.05, 0) is 55.6 Å². The van der Waals surface area contributed by atoms with Crippen LogP contribution in [-0.4, -0.2) is 50.1 Å². The fourth-order valence-electron chi connectivity index (χ4n) is 2.09. The van der Waals surface area contributed by atoms with Crippen LogP contribution in [-0.2, 0) is 0 Å². The number of hydrogen-bond acceptors (Lipinski definition) is 4.